The summed E-state index contributed by atoms with van der Waals surface area (Å²) >= 11 is 0. The maximum Gasteiger partial charge on any atom is 0.270 e. The lowest BCUT2D eigenvalue weighted by Gasteiger charge is -2.13. The second kappa shape index (κ2) is 5.92. The van der Waals surface area contributed by atoms with Gasteiger partial charge in [-0.05, 0) is 31.0 Å². The third kappa shape index (κ3) is 2.58. The summed E-state index contributed by atoms with van der Waals surface area (Å²) in [6.07, 6.45) is 3.67. The normalized spacial score (nSPS) is 14.4. The van der Waals surface area contributed by atoms with Gasteiger partial charge in [-0.2, -0.15) is 0 Å². The zero-order valence-corrected chi connectivity index (χ0v) is 13.1. The number of benzene rings is 1. The number of carbonyl (C=O) groups is 2. The molecule has 0 unspecified atom stereocenters. The topological polar surface area (TPSA) is 83.9 Å². The molecule has 24 heavy (non-hydrogen) atoms. The highest BCUT2D eigenvalue weighted by atomic mass is 16.2. The molecule has 0 radical (unpaired) electrons. The summed E-state index contributed by atoms with van der Waals surface area (Å²) in [5, 5.41) is 8.07. The summed E-state index contributed by atoms with van der Waals surface area (Å²) in [4.78, 5) is 29.5. The maximum atomic E-state index is 12.5. The number of nitrogens with one attached hydrogen (secondary N) is 1. The van der Waals surface area contributed by atoms with Crippen molar-refractivity contribution in [2.45, 2.75) is 19.4 Å². The number of hydrogen-bond acceptors (Lipinski definition) is 4. The highest BCUT2D eigenvalue weighted by Crippen LogP contribution is 2.15. The number of Topliss-reactive ketones (excluding diaryl/α,β-unsaturated/α-hetero) is 1. The maximum absolute atomic E-state index is 12.5. The Balaban J connectivity index is 1.52. The number of aromatic nitrogens is 4. The molecule has 4 rings (SSSR count). The van der Waals surface area contributed by atoms with E-state index in [9.17, 15) is 9.59 Å². The molecule has 1 aromatic carbocycles. The van der Waals surface area contributed by atoms with E-state index in [2.05, 4.69) is 15.3 Å². The number of aromatic amines is 1. The predicted molar refractivity (Wildman–Crippen MR) is 87.8 cm³/mol. The second-order valence-electron chi connectivity index (χ2n) is 5.96. The van der Waals surface area contributed by atoms with Gasteiger partial charge in [0.25, 0.3) is 5.91 Å². The minimum Gasteiger partial charge on any atom is -0.356 e. The number of nitrogens with zero attached hydrogens (tertiary/aromatic N) is 4. The van der Waals surface area contributed by atoms with Gasteiger partial charge in [0, 0.05) is 24.8 Å². The second-order valence-corrected chi connectivity index (χ2v) is 5.96. The van der Waals surface area contributed by atoms with E-state index in [1.165, 1.54) is 0 Å². The summed E-state index contributed by atoms with van der Waals surface area (Å²) in [6.45, 7) is 1.66. The van der Waals surface area contributed by atoms with Crippen LogP contribution < -0.4 is 0 Å². The summed E-state index contributed by atoms with van der Waals surface area (Å²) in [5.74, 6) is -0.153. The molecule has 7 heteroatoms. The number of para-hydroxylation sites is 1. The molecule has 0 atom stereocenters. The number of ketones is 1. The first-order valence-corrected chi connectivity index (χ1v) is 8.01. The van der Waals surface area contributed by atoms with Crippen molar-refractivity contribution in [1.29, 1.82) is 0 Å². The van der Waals surface area contributed by atoms with Crippen molar-refractivity contribution in [2.24, 2.45) is 0 Å². The van der Waals surface area contributed by atoms with Gasteiger partial charge in [0.2, 0.25) is 0 Å². The third-order valence-corrected chi connectivity index (χ3v) is 4.34. The average molecular weight is 323 g/mol. The number of amides is 1. The molecule has 0 saturated carbocycles. The van der Waals surface area contributed by atoms with Crippen LogP contribution in [0.25, 0.3) is 11.0 Å². The Bertz CT molecular complexity index is 904. The van der Waals surface area contributed by atoms with E-state index in [0.29, 0.717) is 11.3 Å². The van der Waals surface area contributed by atoms with Crippen LogP contribution in [0.15, 0.2) is 36.5 Å². The standard InChI is InChI=1S/C17H17N5O2/c23-16(11-22-15-6-2-1-5-13(15)19-20-22)12-9-14(18-10-12)17(24)21-7-3-4-8-21/h1-2,5-6,9-10,18H,3-4,7-8,11H2. The number of carbonyl (C=O) groups excluding carboxylic acids is 2. The molecular formula is C17H17N5O2. The lowest BCUT2D eigenvalue weighted by atomic mass is 10.2. The van der Waals surface area contributed by atoms with Crippen LogP contribution in [0.2, 0.25) is 0 Å². The highest BCUT2D eigenvalue weighted by molar-refractivity contribution is 6.00. The molecule has 3 aromatic rings. The molecular weight excluding hydrogens is 306 g/mol. The van der Waals surface area contributed by atoms with Crippen LogP contribution in [0, 0.1) is 0 Å². The Hall–Kier alpha value is -2.96. The number of H-pyrrole nitrogens is 1. The molecule has 1 saturated heterocycles. The van der Waals surface area contributed by atoms with Gasteiger partial charge in [0.1, 0.15) is 17.8 Å². The summed E-state index contributed by atoms with van der Waals surface area (Å²) in [6, 6.07) is 9.12. The van der Waals surface area contributed by atoms with E-state index < -0.39 is 0 Å². The van der Waals surface area contributed by atoms with Gasteiger partial charge < -0.3 is 9.88 Å². The zero-order chi connectivity index (χ0) is 16.5. The molecule has 7 nitrogen and oxygen atoms in total. The Labute approximate surface area is 138 Å². The number of likely N-dealkylation sites (tertiary alicyclic amines) is 1. The van der Waals surface area contributed by atoms with Crippen molar-refractivity contribution in [2.75, 3.05) is 13.1 Å². The molecule has 3 heterocycles. The van der Waals surface area contributed by atoms with Gasteiger partial charge in [-0.1, -0.05) is 17.3 Å². The zero-order valence-electron chi connectivity index (χ0n) is 13.1. The van der Waals surface area contributed by atoms with Crippen LogP contribution in [-0.2, 0) is 6.54 Å². The fourth-order valence-electron chi connectivity index (χ4n) is 3.03. The molecule has 0 spiro atoms. The average Bonchev–Trinajstić information content (AvgIpc) is 3.35. The summed E-state index contributed by atoms with van der Waals surface area (Å²) in [5.41, 5.74) is 2.51. The minimum absolute atomic E-state index is 0.0437. The lowest BCUT2D eigenvalue weighted by Crippen LogP contribution is -2.27. The lowest BCUT2D eigenvalue weighted by molar-refractivity contribution is 0.0787. The van der Waals surface area contributed by atoms with Crippen LogP contribution >= 0.6 is 0 Å². The van der Waals surface area contributed by atoms with E-state index >= 15 is 0 Å². The molecule has 1 N–H and O–H groups in total. The SMILES string of the molecule is O=C(Cn1nnc2ccccc21)c1c[nH]c(C(=O)N2CCCC2)c1. The van der Waals surface area contributed by atoms with Gasteiger partial charge >= 0.3 is 0 Å². The fourth-order valence-corrected chi connectivity index (χ4v) is 3.03. The minimum atomic E-state index is -0.109. The van der Waals surface area contributed by atoms with Crippen LogP contribution in [0.4, 0.5) is 0 Å². The molecule has 0 aliphatic carbocycles. The van der Waals surface area contributed by atoms with Crippen molar-refractivity contribution >= 4 is 22.7 Å². The van der Waals surface area contributed by atoms with E-state index in [1.54, 1.807) is 16.9 Å². The van der Waals surface area contributed by atoms with E-state index in [0.717, 1.165) is 37.0 Å². The highest BCUT2D eigenvalue weighted by Gasteiger charge is 2.22. The largest absolute Gasteiger partial charge is 0.356 e. The molecule has 1 aliphatic heterocycles. The Morgan fingerprint density at radius 3 is 2.79 bits per heavy atom. The molecule has 1 amide bonds. The van der Waals surface area contributed by atoms with Gasteiger partial charge in [0.15, 0.2) is 5.78 Å². The van der Waals surface area contributed by atoms with Crippen molar-refractivity contribution in [3.05, 3.63) is 47.8 Å². The van der Waals surface area contributed by atoms with E-state index in [-0.39, 0.29) is 18.2 Å². The van der Waals surface area contributed by atoms with Crippen LogP contribution in [0.3, 0.4) is 0 Å². The van der Waals surface area contributed by atoms with Gasteiger partial charge in [-0.3, -0.25) is 9.59 Å². The Morgan fingerprint density at radius 1 is 1.17 bits per heavy atom. The van der Waals surface area contributed by atoms with Crippen LogP contribution in [0.5, 0.6) is 0 Å². The number of hydrogen-bond donors (Lipinski definition) is 1. The first kappa shape index (κ1) is 14.6. The molecule has 1 fully saturated rings. The molecule has 2 aromatic heterocycles. The van der Waals surface area contributed by atoms with Crippen molar-refractivity contribution in [3.8, 4) is 0 Å². The number of fused-ring (bicyclic) bond motifs is 1. The van der Waals surface area contributed by atoms with Crippen LogP contribution in [0.1, 0.15) is 33.7 Å². The van der Waals surface area contributed by atoms with Gasteiger partial charge in [0.05, 0.1) is 5.52 Å². The summed E-state index contributed by atoms with van der Waals surface area (Å²) in [7, 11) is 0. The van der Waals surface area contributed by atoms with Gasteiger partial charge in [-0.15, -0.1) is 5.10 Å². The molecule has 1 aliphatic rings. The van der Waals surface area contributed by atoms with Crippen molar-refractivity contribution in [3.63, 3.8) is 0 Å². The number of rotatable bonds is 4. The summed E-state index contributed by atoms with van der Waals surface area (Å²) < 4.78 is 1.58. The van der Waals surface area contributed by atoms with Crippen molar-refractivity contribution < 1.29 is 9.59 Å². The van der Waals surface area contributed by atoms with Crippen molar-refractivity contribution in [1.82, 2.24) is 24.9 Å². The first-order valence-electron chi connectivity index (χ1n) is 8.01. The predicted octanol–water partition coefficient (Wildman–Crippen LogP) is 1.88. The molecule has 122 valence electrons. The van der Waals surface area contributed by atoms with Crippen LogP contribution in [-0.4, -0.2) is 49.7 Å². The smallest absolute Gasteiger partial charge is 0.270 e. The monoisotopic (exact) mass is 323 g/mol. The first-order chi connectivity index (χ1) is 11.7. The molecule has 0 bridgehead atoms. The third-order valence-electron chi connectivity index (χ3n) is 4.34. The quantitative estimate of drug-likeness (QED) is 0.743. The Kier molecular flexibility index (Phi) is 3.60. The fraction of sp³-hybridized carbons (Fsp3) is 0.294. The van der Waals surface area contributed by atoms with Gasteiger partial charge in [-0.25, -0.2) is 4.68 Å². The van der Waals surface area contributed by atoms with E-state index in [4.69, 9.17) is 0 Å². The Morgan fingerprint density at radius 2 is 1.96 bits per heavy atom. The van der Waals surface area contributed by atoms with E-state index in [1.807, 2.05) is 29.2 Å².